The summed E-state index contributed by atoms with van der Waals surface area (Å²) in [6.07, 6.45) is 3.76. The Balaban J connectivity index is 1.49. The van der Waals surface area contributed by atoms with E-state index in [4.69, 9.17) is 0 Å². The number of aryl methyl sites for hydroxylation is 2. The molecule has 0 aliphatic heterocycles. The van der Waals surface area contributed by atoms with E-state index in [1.807, 2.05) is 13.8 Å². The number of carbonyl (C=O) groups is 2. The van der Waals surface area contributed by atoms with Gasteiger partial charge in [-0.15, -0.1) is 0 Å². The average molecular weight is 363 g/mol. The molecule has 0 aliphatic rings. The van der Waals surface area contributed by atoms with E-state index >= 15 is 0 Å². The molecule has 2 amide bonds. The van der Waals surface area contributed by atoms with Crippen molar-refractivity contribution in [2.45, 2.75) is 20.3 Å². The van der Waals surface area contributed by atoms with Crippen LogP contribution in [0.3, 0.4) is 0 Å². The molecule has 27 heavy (non-hydrogen) atoms. The zero-order chi connectivity index (χ0) is 19.2. The molecule has 0 spiro atoms. The largest absolute Gasteiger partial charge is 0.352 e. The zero-order valence-electron chi connectivity index (χ0n) is 15.3. The van der Waals surface area contributed by atoms with Gasteiger partial charge in [0, 0.05) is 31.0 Å². The van der Waals surface area contributed by atoms with Crippen LogP contribution in [0.2, 0.25) is 0 Å². The second-order valence-electron chi connectivity index (χ2n) is 6.20. The maximum atomic E-state index is 12.3. The fraction of sp³-hybridized carbons (Fsp3) is 0.250. The molecule has 0 saturated heterocycles. The molecule has 3 rings (SSSR count). The first-order chi connectivity index (χ1) is 13.0. The fourth-order valence-electron chi connectivity index (χ4n) is 2.57. The number of fused-ring (bicyclic) bond motifs is 1. The molecule has 0 aliphatic carbocycles. The predicted octanol–water partition coefficient (Wildman–Crippen LogP) is 2.19. The topological polar surface area (TPSA) is 96.9 Å². The van der Waals surface area contributed by atoms with Gasteiger partial charge in [0.15, 0.2) is 0 Å². The lowest BCUT2D eigenvalue weighted by Crippen LogP contribution is -2.29. The van der Waals surface area contributed by atoms with E-state index in [9.17, 15) is 9.59 Å². The van der Waals surface area contributed by atoms with Gasteiger partial charge in [0.2, 0.25) is 0 Å². The molecule has 0 bridgehead atoms. The zero-order valence-corrected chi connectivity index (χ0v) is 15.3. The first-order valence-corrected chi connectivity index (χ1v) is 8.76. The van der Waals surface area contributed by atoms with Crippen molar-refractivity contribution in [3.05, 3.63) is 65.2 Å². The molecule has 0 radical (unpaired) electrons. The summed E-state index contributed by atoms with van der Waals surface area (Å²) in [6.45, 7) is 4.74. The minimum Gasteiger partial charge on any atom is -0.352 e. The van der Waals surface area contributed by atoms with E-state index in [0.29, 0.717) is 36.2 Å². The van der Waals surface area contributed by atoms with Gasteiger partial charge in [0.25, 0.3) is 11.8 Å². The second-order valence-corrected chi connectivity index (χ2v) is 6.20. The van der Waals surface area contributed by atoms with Crippen LogP contribution in [0.25, 0.3) is 11.0 Å². The van der Waals surface area contributed by atoms with Crippen molar-refractivity contribution in [3.8, 4) is 0 Å². The van der Waals surface area contributed by atoms with Crippen LogP contribution in [-0.2, 0) is 0 Å². The molecule has 7 nitrogen and oxygen atoms in total. The summed E-state index contributed by atoms with van der Waals surface area (Å²) >= 11 is 0. The van der Waals surface area contributed by atoms with Gasteiger partial charge in [0.1, 0.15) is 0 Å². The standard InChI is InChI=1S/C20H21N5O2/c1-13-14(2)25-18-11-15(6-7-17(18)24-13)19(26)22-9-4-10-23-20(27)16-5-3-8-21-12-16/h3,5-8,11-12H,4,9-10H2,1-2H3,(H,22,26)(H,23,27). The monoisotopic (exact) mass is 363 g/mol. The van der Waals surface area contributed by atoms with Crippen LogP contribution in [0.5, 0.6) is 0 Å². The van der Waals surface area contributed by atoms with Crippen molar-refractivity contribution < 1.29 is 9.59 Å². The van der Waals surface area contributed by atoms with Crippen LogP contribution in [0.15, 0.2) is 42.7 Å². The van der Waals surface area contributed by atoms with Gasteiger partial charge in [-0.2, -0.15) is 0 Å². The van der Waals surface area contributed by atoms with E-state index in [-0.39, 0.29) is 11.8 Å². The Morgan fingerprint density at radius 2 is 1.56 bits per heavy atom. The number of nitrogens with one attached hydrogen (secondary N) is 2. The Hall–Kier alpha value is -3.35. The number of rotatable bonds is 6. The van der Waals surface area contributed by atoms with E-state index < -0.39 is 0 Å². The summed E-state index contributed by atoms with van der Waals surface area (Å²) in [6, 6.07) is 8.71. The maximum Gasteiger partial charge on any atom is 0.252 e. The lowest BCUT2D eigenvalue weighted by Gasteiger charge is -2.08. The Bertz CT molecular complexity index is 973. The minimum atomic E-state index is -0.173. The van der Waals surface area contributed by atoms with E-state index in [1.165, 1.54) is 6.20 Å². The number of carbonyl (C=O) groups excluding carboxylic acids is 2. The van der Waals surface area contributed by atoms with E-state index in [0.717, 1.165) is 16.9 Å². The van der Waals surface area contributed by atoms with Crippen LogP contribution in [0.1, 0.15) is 38.5 Å². The van der Waals surface area contributed by atoms with Gasteiger partial charge in [-0.1, -0.05) is 0 Å². The third kappa shape index (κ3) is 4.63. The molecule has 2 heterocycles. The SMILES string of the molecule is Cc1nc2ccc(C(=O)NCCCNC(=O)c3cccnc3)cc2nc1C. The number of nitrogens with zero attached hydrogens (tertiary/aromatic N) is 3. The third-order valence-electron chi connectivity index (χ3n) is 4.19. The van der Waals surface area contributed by atoms with Gasteiger partial charge in [-0.05, 0) is 50.6 Å². The number of amides is 2. The third-order valence-corrected chi connectivity index (χ3v) is 4.19. The second kappa shape index (κ2) is 8.35. The van der Waals surface area contributed by atoms with Crippen molar-refractivity contribution >= 4 is 22.8 Å². The van der Waals surface area contributed by atoms with Crippen molar-refractivity contribution in [2.24, 2.45) is 0 Å². The summed E-state index contributed by atoms with van der Waals surface area (Å²) in [5.41, 5.74) is 4.27. The maximum absolute atomic E-state index is 12.3. The smallest absolute Gasteiger partial charge is 0.252 e. The Labute approximate surface area is 157 Å². The summed E-state index contributed by atoms with van der Waals surface area (Å²) in [4.78, 5) is 37.0. The highest BCUT2D eigenvalue weighted by molar-refractivity contribution is 5.97. The normalized spacial score (nSPS) is 10.6. The van der Waals surface area contributed by atoms with Crippen molar-refractivity contribution in [2.75, 3.05) is 13.1 Å². The van der Waals surface area contributed by atoms with Crippen molar-refractivity contribution in [1.82, 2.24) is 25.6 Å². The van der Waals surface area contributed by atoms with Gasteiger partial charge in [-0.3, -0.25) is 14.6 Å². The lowest BCUT2D eigenvalue weighted by molar-refractivity contribution is 0.0951. The van der Waals surface area contributed by atoms with Gasteiger partial charge in [0.05, 0.1) is 28.0 Å². The van der Waals surface area contributed by atoms with Crippen molar-refractivity contribution in [3.63, 3.8) is 0 Å². The molecule has 1 aromatic carbocycles. The average Bonchev–Trinajstić information content (AvgIpc) is 2.68. The first kappa shape index (κ1) is 18.4. The molecular weight excluding hydrogens is 342 g/mol. The van der Waals surface area contributed by atoms with Crippen LogP contribution in [0.4, 0.5) is 0 Å². The summed E-state index contributed by atoms with van der Waals surface area (Å²) in [5.74, 6) is -0.344. The van der Waals surface area contributed by atoms with Gasteiger partial charge >= 0.3 is 0 Å². The van der Waals surface area contributed by atoms with Crippen LogP contribution in [-0.4, -0.2) is 39.9 Å². The van der Waals surface area contributed by atoms with Crippen LogP contribution < -0.4 is 10.6 Å². The molecule has 0 unspecified atom stereocenters. The quantitative estimate of drug-likeness (QED) is 0.655. The molecule has 0 saturated carbocycles. The molecule has 138 valence electrons. The van der Waals surface area contributed by atoms with Gasteiger partial charge < -0.3 is 10.6 Å². The highest BCUT2D eigenvalue weighted by Crippen LogP contribution is 2.14. The molecule has 0 fully saturated rings. The summed E-state index contributed by atoms with van der Waals surface area (Å²) in [5, 5.41) is 5.65. The molecule has 2 N–H and O–H groups in total. The predicted molar refractivity (Wildman–Crippen MR) is 103 cm³/mol. The number of pyridine rings is 1. The number of hydrogen-bond acceptors (Lipinski definition) is 5. The molecule has 2 aromatic heterocycles. The summed E-state index contributed by atoms with van der Waals surface area (Å²) in [7, 11) is 0. The highest BCUT2D eigenvalue weighted by Gasteiger charge is 2.09. The van der Waals surface area contributed by atoms with Crippen molar-refractivity contribution in [1.29, 1.82) is 0 Å². The Morgan fingerprint density at radius 3 is 2.22 bits per heavy atom. The van der Waals surface area contributed by atoms with Gasteiger partial charge in [-0.25, -0.2) is 9.97 Å². The van der Waals surface area contributed by atoms with Crippen LogP contribution >= 0.6 is 0 Å². The highest BCUT2D eigenvalue weighted by atomic mass is 16.2. The Morgan fingerprint density at radius 1 is 0.889 bits per heavy atom. The molecular formula is C20H21N5O2. The molecule has 7 heteroatoms. The fourth-order valence-corrected chi connectivity index (χ4v) is 2.57. The Kier molecular flexibility index (Phi) is 5.71. The van der Waals surface area contributed by atoms with Crippen LogP contribution in [0, 0.1) is 13.8 Å². The molecule has 0 atom stereocenters. The minimum absolute atomic E-state index is 0.171. The molecule has 3 aromatic rings. The number of aromatic nitrogens is 3. The lowest BCUT2D eigenvalue weighted by atomic mass is 10.1. The number of benzene rings is 1. The van der Waals surface area contributed by atoms with E-state index in [2.05, 4.69) is 25.6 Å². The summed E-state index contributed by atoms with van der Waals surface area (Å²) < 4.78 is 0. The van der Waals surface area contributed by atoms with E-state index in [1.54, 1.807) is 36.5 Å². The number of hydrogen-bond donors (Lipinski definition) is 2. The first-order valence-electron chi connectivity index (χ1n) is 8.76.